The SMILES string of the molecule is CN1C(C(F)(F)F)=C(c2ccc(F)cc2)C(c2ccc(S(C)(=O)=O)cc2)=CC1Br. The quantitative estimate of drug-likeness (QED) is 0.335. The molecule has 154 valence electrons. The predicted molar refractivity (Wildman–Crippen MR) is 107 cm³/mol. The van der Waals surface area contributed by atoms with Gasteiger partial charge in [-0.2, -0.15) is 13.2 Å². The Morgan fingerprint density at radius 3 is 1.97 bits per heavy atom. The van der Waals surface area contributed by atoms with Crippen molar-refractivity contribution in [3.63, 3.8) is 0 Å². The van der Waals surface area contributed by atoms with E-state index in [1.807, 2.05) is 0 Å². The van der Waals surface area contributed by atoms with Crippen LogP contribution in [0.25, 0.3) is 11.1 Å². The first-order valence-corrected chi connectivity index (χ1v) is 11.2. The molecule has 3 nitrogen and oxygen atoms in total. The molecule has 3 rings (SSSR count). The second-order valence-corrected chi connectivity index (χ2v) is 9.54. The largest absolute Gasteiger partial charge is 0.431 e. The van der Waals surface area contributed by atoms with Crippen molar-refractivity contribution in [1.82, 2.24) is 4.90 Å². The Labute approximate surface area is 174 Å². The van der Waals surface area contributed by atoms with Gasteiger partial charge in [-0.15, -0.1) is 0 Å². The highest BCUT2D eigenvalue weighted by Crippen LogP contribution is 2.46. The van der Waals surface area contributed by atoms with E-state index in [2.05, 4.69) is 15.9 Å². The molecule has 0 bridgehead atoms. The molecule has 1 unspecified atom stereocenters. The lowest BCUT2D eigenvalue weighted by Gasteiger charge is -2.35. The van der Waals surface area contributed by atoms with Gasteiger partial charge in [0.1, 0.15) is 16.5 Å². The minimum Gasteiger partial charge on any atom is -0.354 e. The number of alkyl halides is 4. The Morgan fingerprint density at radius 1 is 0.966 bits per heavy atom. The molecule has 1 aliphatic rings. The average Bonchev–Trinajstić information content (AvgIpc) is 2.62. The van der Waals surface area contributed by atoms with E-state index < -0.39 is 32.5 Å². The molecule has 0 saturated heterocycles. The summed E-state index contributed by atoms with van der Waals surface area (Å²) < 4.78 is 78.7. The number of sulfone groups is 1. The van der Waals surface area contributed by atoms with Crippen molar-refractivity contribution in [3.05, 3.63) is 77.2 Å². The molecule has 0 radical (unpaired) electrons. The van der Waals surface area contributed by atoms with Gasteiger partial charge in [0.15, 0.2) is 9.84 Å². The van der Waals surface area contributed by atoms with Crippen LogP contribution in [0, 0.1) is 5.82 Å². The number of hydrogen-bond acceptors (Lipinski definition) is 3. The molecule has 1 aliphatic heterocycles. The lowest BCUT2D eigenvalue weighted by atomic mass is 9.88. The van der Waals surface area contributed by atoms with Gasteiger partial charge in [0.2, 0.25) is 0 Å². The first-order valence-electron chi connectivity index (χ1n) is 8.36. The monoisotopic (exact) mass is 489 g/mol. The Bertz CT molecular complexity index is 1090. The molecular formula is C20H16BrF4NO2S. The molecule has 2 aromatic rings. The summed E-state index contributed by atoms with van der Waals surface area (Å²) in [5, 5.41) is 0. The number of nitrogens with zero attached hydrogens (tertiary/aromatic N) is 1. The van der Waals surface area contributed by atoms with Gasteiger partial charge in [-0.1, -0.05) is 40.2 Å². The van der Waals surface area contributed by atoms with Crippen molar-refractivity contribution in [2.45, 2.75) is 16.0 Å². The Balaban J connectivity index is 2.26. The van der Waals surface area contributed by atoms with Crippen LogP contribution in [-0.4, -0.2) is 37.7 Å². The first kappa shape index (κ1) is 21.6. The van der Waals surface area contributed by atoms with Gasteiger partial charge in [-0.25, -0.2) is 12.8 Å². The topological polar surface area (TPSA) is 37.4 Å². The molecule has 0 aliphatic carbocycles. The van der Waals surface area contributed by atoms with E-state index in [-0.39, 0.29) is 21.6 Å². The molecule has 0 spiro atoms. The highest BCUT2D eigenvalue weighted by Gasteiger charge is 2.43. The molecule has 0 fully saturated rings. The van der Waals surface area contributed by atoms with Gasteiger partial charge >= 0.3 is 6.18 Å². The second kappa shape index (κ2) is 7.60. The van der Waals surface area contributed by atoms with Gasteiger partial charge in [-0.3, -0.25) is 0 Å². The van der Waals surface area contributed by atoms with E-state index >= 15 is 0 Å². The predicted octanol–water partition coefficient (Wildman–Crippen LogP) is 5.25. The average molecular weight is 490 g/mol. The molecule has 2 aromatic carbocycles. The van der Waals surface area contributed by atoms with Crippen LogP contribution >= 0.6 is 15.9 Å². The van der Waals surface area contributed by atoms with E-state index in [0.717, 1.165) is 23.3 Å². The van der Waals surface area contributed by atoms with Crippen LogP contribution in [0.3, 0.4) is 0 Å². The Morgan fingerprint density at radius 2 is 1.48 bits per heavy atom. The van der Waals surface area contributed by atoms with Crippen molar-refractivity contribution >= 4 is 36.9 Å². The van der Waals surface area contributed by atoms with Crippen LogP contribution in [0.15, 0.2) is 65.2 Å². The van der Waals surface area contributed by atoms with Crippen molar-refractivity contribution in [1.29, 1.82) is 0 Å². The Hall–Kier alpha value is -2.13. The number of allylic oxidation sites excluding steroid dienone is 3. The van der Waals surface area contributed by atoms with Crippen LogP contribution in [0.2, 0.25) is 0 Å². The fraction of sp³-hybridized carbons (Fsp3) is 0.200. The standard InChI is InChI=1S/C20H16BrF4NO2S/c1-26-17(21)11-16(12-5-9-15(10-6-12)29(2,27)28)18(19(26)20(23,24)25)13-3-7-14(22)8-4-13/h3-11,17H,1-2H3. The Kier molecular flexibility index (Phi) is 5.66. The summed E-state index contributed by atoms with van der Waals surface area (Å²) in [6.45, 7) is 0. The summed E-state index contributed by atoms with van der Waals surface area (Å²) in [6, 6.07) is 10.4. The minimum absolute atomic E-state index is 0.0635. The van der Waals surface area contributed by atoms with E-state index in [1.165, 1.54) is 43.4 Å². The summed E-state index contributed by atoms with van der Waals surface area (Å²) in [5.74, 6) is -0.562. The zero-order valence-electron chi connectivity index (χ0n) is 15.3. The van der Waals surface area contributed by atoms with Gasteiger partial charge in [0.05, 0.1) is 4.90 Å². The number of benzene rings is 2. The fourth-order valence-electron chi connectivity index (χ4n) is 3.13. The van der Waals surface area contributed by atoms with Crippen LogP contribution in [-0.2, 0) is 9.84 Å². The summed E-state index contributed by atoms with van der Waals surface area (Å²) in [4.78, 5) is 0.369. The van der Waals surface area contributed by atoms with E-state index in [1.54, 1.807) is 6.08 Å². The third-order valence-electron chi connectivity index (χ3n) is 4.53. The lowest BCUT2D eigenvalue weighted by molar-refractivity contribution is -0.108. The molecule has 0 N–H and O–H groups in total. The number of hydrogen-bond donors (Lipinski definition) is 0. The van der Waals surface area contributed by atoms with E-state index in [0.29, 0.717) is 5.56 Å². The maximum absolute atomic E-state index is 14.0. The second-order valence-electron chi connectivity index (χ2n) is 6.59. The fourth-order valence-corrected chi connectivity index (χ4v) is 4.23. The maximum atomic E-state index is 14.0. The molecule has 1 atom stereocenters. The van der Waals surface area contributed by atoms with E-state index in [4.69, 9.17) is 0 Å². The van der Waals surface area contributed by atoms with Gasteiger partial charge < -0.3 is 4.90 Å². The normalized spacial score (nSPS) is 18.1. The summed E-state index contributed by atoms with van der Waals surface area (Å²) >= 11 is 3.24. The first-order chi connectivity index (χ1) is 13.4. The third kappa shape index (κ3) is 4.40. The summed E-state index contributed by atoms with van der Waals surface area (Å²) in [5.41, 5.74) is -0.109. The zero-order valence-corrected chi connectivity index (χ0v) is 17.7. The molecule has 0 saturated carbocycles. The van der Waals surface area contributed by atoms with Crippen LogP contribution in [0.1, 0.15) is 11.1 Å². The molecule has 0 aromatic heterocycles. The lowest BCUT2D eigenvalue weighted by Crippen LogP contribution is -2.36. The number of likely N-dealkylation sites (N-methyl/N-ethyl adjacent to an activating group) is 1. The van der Waals surface area contributed by atoms with Crippen molar-refractivity contribution < 1.29 is 26.0 Å². The smallest absolute Gasteiger partial charge is 0.354 e. The molecule has 29 heavy (non-hydrogen) atoms. The summed E-state index contributed by atoms with van der Waals surface area (Å²) in [6.07, 6.45) is -2.02. The molecule has 9 heteroatoms. The van der Waals surface area contributed by atoms with Crippen LogP contribution in [0.4, 0.5) is 17.6 Å². The third-order valence-corrected chi connectivity index (χ3v) is 6.53. The highest BCUT2D eigenvalue weighted by atomic mass is 79.9. The molecular weight excluding hydrogens is 474 g/mol. The number of rotatable bonds is 3. The van der Waals surface area contributed by atoms with Crippen molar-refractivity contribution in [2.75, 3.05) is 13.3 Å². The van der Waals surface area contributed by atoms with Crippen LogP contribution in [0.5, 0.6) is 0 Å². The molecule has 1 heterocycles. The minimum atomic E-state index is -4.67. The number of halogens is 5. The molecule has 0 amide bonds. The van der Waals surface area contributed by atoms with Gasteiger partial charge in [0, 0.05) is 18.9 Å². The summed E-state index contributed by atoms with van der Waals surface area (Å²) in [7, 11) is -2.13. The van der Waals surface area contributed by atoms with Gasteiger partial charge in [-0.05, 0) is 47.0 Å². The van der Waals surface area contributed by atoms with Crippen molar-refractivity contribution in [2.24, 2.45) is 0 Å². The maximum Gasteiger partial charge on any atom is 0.431 e. The van der Waals surface area contributed by atoms with Crippen LogP contribution < -0.4 is 0 Å². The highest BCUT2D eigenvalue weighted by molar-refractivity contribution is 9.09. The van der Waals surface area contributed by atoms with E-state index in [9.17, 15) is 26.0 Å². The van der Waals surface area contributed by atoms with Gasteiger partial charge in [0.25, 0.3) is 0 Å². The van der Waals surface area contributed by atoms with Crippen molar-refractivity contribution in [3.8, 4) is 0 Å². The zero-order chi connectivity index (χ0) is 21.6.